The highest BCUT2D eigenvalue weighted by molar-refractivity contribution is 5.77. The Labute approximate surface area is 110 Å². The van der Waals surface area contributed by atoms with Crippen molar-refractivity contribution in [2.75, 3.05) is 6.54 Å². The van der Waals surface area contributed by atoms with Gasteiger partial charge >= 0.3 is 0 Å². The summed E-state index contributed by atoms with van der Waals surface area (Å²) >= 11 is 0. The monoisotopic (exact) mass is 242 g/mol. The Kier molecular flexibility index (Phi) is 3.85. The molecule has 96 valence electrons. The number of allylic oxidation sites excluding steroid dienone is 1. The van der Waals surface area contributed by atoms with E-state index in [2.05, 4.69) is 56.2 Å². The Bertz CT molecular complexity index is 482. The lowest BCUT2D eigenvalue weighted by molar-refractivity contribution is 0.796. The largest absolute Gasteiger partial charge is 0.387 e. The molecule has 2 heterocycles. The molecule has 0 saturated carbocycles. The number of aromatic nitrogens is 1. The van der Waals surface area contributed by atoms with Gasteiger partial charge < -0.3 is 5.32 Å². The summed E-state index contributed by atoms with van der Waals surface area (Å²) in [6, 6.07) is 2.10. The summed E-state index contributed by atoms with van der Waals surface area (Å²) in [5.74, 6) is 0.960. The van der Waals surface area contributed by atoms with Crippen LogP contribution in [0.4, 0.5) is 0 Å². The minimum atomic E-state index is 0.447. The maximum absolute atomic E-state index is 4.60. The topological polar surface area (TPSA) is 24.9 Å². The third-order valence-electron chi connectivity index (χ3n) is 3.29. The molecule has 2 heteroatoms. The highest BCUT2D eigenvalue weighted by Crippen LogP contribution is 2.32. The van der Waals surface area contributed by atoms with Crippen LogP contribution in [0.1, 0.15) is 50.4 Å². The summed E-state index contributed by atoms with van der Waals surface area (Å²) in [5, 5.41) is 3.28. The van der Waals surface area contributed by atoms with Crippen molar-refractivity contribution >= 4 is 11.6 Å². The van der Waals surface area contributed by atoms with E-state index in [0.29, 0.717) is 11.8 Å². The molecule has 1 aliphatic heterocycles. The van der Waals surface area contributed by atoms with Gasteiger partial charge in [-0.15, -0.1) is 0 Å². The molecule has 1 aromatic heterocycles. The molecule has 0 saturated heterocycles. The molecule has 1 aromatic rings. The predicted molar refractivity (Wildman–Crippen MR) is 78.2 cm³/mol. The van der Waals surface area contributed by atoms with E-state index in [4.69, 9.17) is 0 Å². The first kappa shape index (κ1) is 12.9. The van der Waals surface area contributed by atoms with Gasteiger partial charge in [0.2, 0.25) is 0 Å². The fraction of sp³-hybridized carbons (Fsp3) is 0.438. The first-order valence-corrected chi connectivity index (χ1v) is 6.70. The Morgan fingerprint density at radius 1 is 1.17 bits per heavy atom. The molecule has 0 amide bonds. The molecule has 0 unspecified atom stereocenters. The number of rotatable bonds is 2. The molecule has 0 aliphatic carbocycles. The van der Waals surface area contributed by atoms with Crippen molar-refractivity contribution < 1.29 is 0 Å². The van der Waals surface area contributed by atoms with Crippen LogP contribution in [-0.2, 0) is 0 Å². The van der Waals surface area contributed by atoms with E-state index in [1.54, 1.807) is 0 Å². The number of hydrogen-bond acceptors (Lipinski definition) is 2. The van der Waals surface area contributed by atoms with Crippen molar-refractivity contribution in [1.82, 2.24) is 10.3 Å². The molecular weight excluding hydrogens is 220 g/mol. The van der Waals surface area contributed by atoms with Crippen molar-refractivity contribution in [3.63, 3.8) is 0 Å². The lowest BCUT2D eigenvalue weighted by Gasteiger charge is -2.21. The van der Waals surface area contributed by atoms with Gasteiger partial charge in [-0.2, -0.15) is 0 Å². The minimum absolute atomic E-state index is 0.447. The van der Waals surface area contributed by atoms with Crippen LogP contribution in [-0.4, -0.2) is 11.5 Å². The van der Waals surface area contributed by atoms with Gasteiger partial charge in [0.1, 0.15) is 0 Å². The molecule has 0 bridgehead atoms. The van der Waals surface area contributed by atoms with E-state index in [1.165, 1.54) is 22.4 Å². The lowest BCUT2D eigenvalue weighted by Crippen LogP contribution is -2.12. The molecule has 1 N–H and O–H groups in total. The number of fused-ring (bicyclic) bond motifs is 1. The molecule has 0 fully saturated rings. The Morgan fingerprint density at radius 3 is 2.61 bits per heavy atom. The van der Waals surface area contributed by atoms with E-state index in [0.717, 1.165) is 6.54 Å². The van der Waals surface area contributed by atoms with E-state index in [-0.39, 0.29) is 0 Å². The van der Waals surface area contributed by atoms with Gasteiger partial charge in [0.05, 0.1) is 5.69 Å². The molecule has 2 rings (SSSR count). The lowest BCUT2D eigenvalue weighted by atomic mass is 9.87. The van der Waals surface area contributed by atoms with Gasteiger partial charge in [0, 0.05) is 18.3 Å². The average molecular weight is 242 g/mol. The fourth-order valence-electron chi connectivity index (χ4n) is 2.40. The van der Waals surface area contributed by atoms with Crippen molar-refractivity contribution in [2.45, 2.75) is 33.6 Å². The van der Waals surface area contributed by atoms with E-state index >= 15 is 0 Å². The zero-order valence-corrected chi connectivity index (χ0v) is 11.7. The molecule has 18 heavy (non-hydrogen) atoms. The Balaban J connectivity index is 2.67. The molecule has 0 atom stereocenters. The van der Waals surface area contributed by atoms with Crippen LogP contribution < -0.4 is 5.32 Å². The fourth-order valence-corrected chi connectivity index (χ4v) is 2.40. The van der Waals surface area contributed by atoms with Crippen molar-refractivity contribution in [2.24, 2.45) is 5.92 Å². The normalized spacial score (nSPS) is 19.6. The molecular formula is C16H22N2. The number of nitrogens with one attached hydrogen (secondary N) is 1. The minimum Gasteiger partial charge on any atom is -0.387 e. The summed E-state index contributed by atoms with van der Waals surface area (Å²) in [6.07, 6.45) is 8.38. The molecule has 1 aliphatic rings. The highest BCUT2D eigenvalue weighted by atomic mass is 14.8. The first-order valence-electron chi connectivity index (χ1n) is 6.70. The van der Waals surface area contributed by atoms with E-state index in [1.807, 2.05) is 12.4 Å². The van der Waals surface area contributed by atoms with Gasteiger partial charge in [0.25, 0.3) is 0 Å². The third kappa shape index (κ3) is 2.47. The van der Waals surface area contributed by atoms with E-state index < -0.39 is 0 Å². The SMILES string of the molecule is CC(C)/C1=C/CN/C=C\c2ccnc(C(C)C)c21. The maximum atomic E-state index is 4.60. The second-order valence-electron chi connectivity index (χ2n) is 5.37. The van der Waals surface area contributed by atoms with Gasteiger partial charge in [0.15, 0.2) is 0 Å². The van der Waals surface area contributed by atoms with Crippen LogP contribution in [0.15, 0.2) is 24.5 Å². The van der Waals surface area contributed by atoms with Crippen molar-refractivity contribution in [1.29, 1.82) is 0 Å². The molecule has 0 aromatic carbocycles. The second-order valence-corrected chi connectivity index (χ2v) is 5.37. The highest BCUT2D eigenvalue weighted by Gasteiger charge is 2.18. The Morgan fingerprint density at radius 2 is 1.94 bits per heavy atom. The number of nitrogens with zero attached hydrogens (tertiary/aromatic N) is 1. The average Bonchev–Trinajstić information content (AvgIpc) is 2.28. The van der Waals surface area contributed by atoms with Crippen LogP contribution in [0.2, 0.25) is 0 Å². The third-order valence-corrected chi connectivity index (χ3v) is 3.29. The molecule has 0 radical (unpaired) electrons. The van der Waals surface area contributed by atoms with Gasteiger partial charge in [-0.1, -0.05) is 33.8 Å². The van der Waals surface area contributed by atoms with Crippen molar-refractivity contribution in [3.8, 4) is 0 Å². The van der Waals surface area contributed by atoms with Crippen LogP contribution in [0, 0.1) is 5.92 Å². The zero-order valence-electron chi connectivity index (χ0n) is 11.7. The Hall–Kier alpha value is -1.57. The number of pyridine rings is 1. The summed E-state index contributed by atoms with van der Waals surface area (Å²) in [5.41, 5.74) is 5.21. The predicted octanol–water partition coefficient (Wildman–Crippen LogP) is 3.82. The van der Waals surface area contributed by atoms with Crippen LogP contribution in [0.3, 0.4) is 0 Å². The standard InChI is InChI=1S/C16H22N2/c1-11(2)14-7-9-17-8-5-13-6-10-18-16(12(3)4)15(13)14/h5-8,10-12,17H,9H2,1-4H3/b8-5-,14-7-. The summed E-state index contributed by atoms with van der Waals surface area (Å²) in [4.78, 5) is 4.60. The molecule has 2 nitrogen and oxygen atoms in total. The van der Waals surface area contributed by atoms with Gasteiger partial charge in [-0.3, -0.25) is 4.98 Å². The van der Waals surface area contributed by atoms with Crippen LogP contribution >= 0.6 is 0 Å². The second kappa shape index (κ2) is 5.38. The zero-order chi connectivity index (χ0) is 13.1. The number of hydrogen-bond donors (Lipinski definition) is 1. The van der Waals surface area contributed by atoms with E-state index in [9.17, 15) is 0 Å². The van der Waals surface area contributed by atoms with Gasteiger partial charge in [-0.05, 0) is 41.3 Å². The summed E-state index contributed by atoms with van der Waals surface area (Å²) in [7, 11) is 0. The summed E-state index contributed by atoms with van der Waals surface area (Å²) < 4.78 is 0. The van der Waals surface area contributed by atoms with Crippen molar-refractivity contribution in [3.05, 3.63) is 41.4 Å². The van der Waals surface area contributed by atoms with Gasteiger partial charge in [-0.25, -0.2) is 0 Å². The smallest absolute Gasteiger partial charge is 0.0510 e. The summed E-state index contributed by atoms with van der Waals surface area (Å²) in [6.45, 7) is 9.80. The quantitative estimate of drug-likeness (QED) is 0.852. The first-order chi connectivity index (χ1) is 8.61. The molecule has 0 spiro atoms. The maximum Gasteiger partial charge on any atom is 0.0510 e. The van der Waals surface area contributed by atoms with Crippen LogP contribution in [0.25, 0.3) is 11.6 Å². The van der Waals surface area contributed by atoms with Crippen LogP contribution in [0.5, 0.6) is 0 Å².